The molecule has 2 rings (SSSR count). The highest BCUT2D eigenvalue weighted by Gasteiger charge is 2.31. The predicted molar refractivity (Wildman–Crippen MR) is 107 cm³/mol. The lowest BCUT2D eigenvalue weighted by Crippen LogP contribution is -2.50. The van der Waals surface area contributed by atoms with E-state index in [2.05, 4.69) is 10.6 Å². The highest BCUT2D eigenvalue weighted by atomic mass is 19.4. The minimum atomic E-state index is -4.53. The number of benzene rings is 2. The molecule has 2 aromatic carbocycles. The van der Waals surface area contributed by atoms with E-state index in [1.807, 2.05) is 6.92 Å². The number of halogens is 3. The van der Waals surface area contributed by atoms with Crippen molar-refractivity contribution in [3.05, 3.63) is 70.8 Å². The molecule has 2 aromatic rings. The van der Waals surface area contributed by atoms with E-state index in [0.29, 0.717) is 5.56 Å². The monoisotopic (exact) mass is 422 g/mol. The first-order valence-corrected chi connectivity index (χ1v) is 9.49. The maximum atomic E-state index is 12.8. The molecule has 2 amide bonds. The number of alkyl halides is 3. The number of nitrogens with one attached hydrogen (secondary N) is 2. The van der Waals surface area contributed by atoms with Gasteiger partial charge in [-0.1, -0.05) is 43.7 Å². The van der Waals surface area contributed by atoms with Gasteiger partial charge in [-0.3, -0.25) is 9.59 Å². The van der Waals surface area contributed by atoms with Gasteiger partial charge in [0.1, 0.15) is 6.04 Å². The summed E-state index contributed by atoms with van der Waals surface area (Å²) in [5.74, 6) is -1.19. The molecule has 0 fully saturated rings. The van der Waals surface area contributed by atoms with Crippen molar-refractivity contribution in [3.63, 3.8) is 0 Å². The Morgan fingerprint density at radius 3 is 2.27 bits per heavy atom. The fourth-order valence-corrected chi connectivity index (χ4v) is 2.81. The van der Waals surface area contributed by atoms with Crippen LogP contribution in [0.25, 0.3) is 0 Å². The molecule has 3 N–H and O–H groups in total. The van der Waals surface area contributed by atoms with Gasteiger partial charge < -0.3 is 15.7 Å². The van der Waals surface area contributed by atoms with Gasteiger partial charge >= 0.3 is 6.18 Å². The van der Waals surface area contributed by atoms with E-state index >= 15 is 0 Å². The summed E-state index contributed by atoms with van der Waals surface area (Å²) >= 11 is 0. The van der Waals surface area contributed by atoms with Crippen molar-refractivity contribution in [2.24, 2.45) is 5.92 Å². The van der Waals surface area contributed by atoms with Crippen LogP contribution < -0.4 is 10.6 Å². The van der Waals surface area contributed by atoms with E-state index in [9.17, 15) is 27.9 Å². The van der Waals surface area contributed by atoms with Gasteiger partial charge in [0.25, 0.3) is 5.91 Å². The minimum Gasteiger partial charge on any atom is -0.387 e. The first-order valence-electron chi connectivity index (χ1n) is 9.49. The summed E-state index contributed by atoms with van der Waals surface area (Å²) in [6, 6.07) is 10.3. The molecule has 0 aliphatic heterocycles. The molecular formula is C22H25F3N2O3. The third-order valence-corrected chi connectivity index (χ3v) is 4.62. The molecule has 5 nitrogen and oxygen atoms in total. The van der Waals surface area contributed by atoms with E-state index in [1.165, 1.54) is 12.1 Å². The lowest BCUT2D eigenvalue weighted by atomic mass is 10.0. The summed E-state index contributed by atoms with van der Waals surface area (Å²) < 4.78 is 38.5. The molecule has 30 heavy (non-hydrogen) atoms. The standard InChI is InChI=1S/C22H25F3N2O3/c1-13(2)19(27-20(29)15-9-7-14(3)8-10-15)21(30)26-12-18(28)16-5-4-6-17(11-16)22(23,24)25/h4-11,13,18-19,28H,12H2,1-3H3,(H,26,30)(H,27,29). The van der Waals surface area contributed by atoms with Crippen LogP contribution in [-0.4, -0.2) is 29.5 Å². The molecule has 0 saturated carbocycles. The quantitative estimate of drug-likeness (QED) is 0.638. The van der Waals surface area contributed by atoms with Crippen LogP contribution in [0.1, 0.15) is 47.0 Å². The number of rotatable bonds is 7. The minimum absolute atomic E-state index is 0.0370. The smallest absolute Gasteiger partial charge is 0.387 e. The molecule has 2 atom stereocenters. The second-order valence-corrected chi connectivity index (χ2v) is 7.45. The van der Waals surface area contributed by atoms with Crippen LogP contribution in [0.4, 0.5) is 13.2 Å². The Labute approximate surface area is 173 Å². The van der Waals surface area contributed by atoms with Gasteiger partial charge in [0, 0.05) is 12.1 Å². The van der Waals surface area contributed by atoms with Crippen LogP contribution in [0.15, 0.2) is 48.5 Å². The Morgan fingerprint density at radius 2 is 1.70 bits per heavy atom. The van der Waals surface area contributed by atoms with Crippen LogP contribution in [0.2, 0.25) is 0 Å². The zero-order valence-corrected chi connectivity index (χ0v) is 17.0. The molecule has 8 heteroatoms. The Morgan fingerprint density at radius 1 is 1.07 bits per heavy atom. The van der Waals surface area contributed by atoms with Crippen LogP contribution in [-0.2, 0) is 11.0 Å². The summed E-state index contributed by atoms with van der Waals surface area (Å²) in [4.78, 5) is 25.0. The summed E-state index contributed by atoms with van der Waals surface area (Å²) in [7, 11) is 0. The molecular weight excluding hydrogens is 397 g/mol. The summed E-state index contributed by atoms with van der Waals surface area (Å²) in [6.45, 7) is 5.11. The van der Waals surface area contributed by atoms with Gasteiger partial charge in [-0.2, -0.15) is 13.2 Å². The average molecular weight is 422 g/mol. The van der Waals surface area contributed by atoms with Crippen molar-refractivity contribution < 1.29 is 27.9 Å². The first kappa shape index (κ1) is 23.4. The van der Waals surface area contributed by atoms with Crippen LogP contribution >= 0.6 is 0 Å². The van der Waals surface area contributed by atoms with Crippen LogP contribution in [0, 0.1) is 12.8 Å². The molecule has 162 valence electrons. The number of aliphatic hydroxyl groups excluding tert-OH is 1. The number of carbonyl (C=O) groups is 2. The zero-order valence-electron chi connectivity index (χ0n) is 17.0. The molecule has 2 unspecified atom stereocenters. The zero-order chi connectivity index (χ0) is 22.5. The van der Waals surface area contributed by atoms with E-state index in [0.717, 1.165) is 17.7 Å². The van der Waals surface area contributed by atoms with Crippen LogP contribution in [0.5, 0.6) is 0 Å². The topological polar surface area (TPSA) is 78.4 Å². The van der Waals surface area contributed by atoms with E-state index in [-0.39, 0.29) is 18.0 Å². The molecule has 0 aromatic heterocycles. The maximum absolute atomic E-state index is 12.8. The number of aliphatic hydroxyl groups is 1. The van der Waals surface area contributed by atoms with Gasteiger partial charge in [0.2, 0.25) is 5.91 Å². The average Bonchev–Trinajstić information content (AvgIpc) is 2.69. The van der Waals surface area contributed by atoms with E-state index in [1.54, 1.807) is 38.1 Å². The fraction of sp³-hybridized carbons (Fsp3) is 0.364. The van der Waals surface area contributed by atoms with Gasteiger partial charge in [-0.05, 0) is 42.7 Å². The van der Waals surface area contributed by atoms with Crippen molar-refractivity contribution in [1.29, 1.82) is 0 Å². The lowest BCUT2D eigenvalue weighted by molar-refractivity contribution is -0.137. The summed E-state index contributed by atoms with van der Waals surface area (Å²) in [5, 5.41) is 15.4. The number of aryl methyl sites for hydroxylation is 1. The molecule has 0 saturated heterocycles. The molecule has 0 aliphatic rings. The highest BCUT2D eigenvalue weighted by Crippen LogP contribution is 2.30. The largest absolute Gasteiger partial charge is 0.416 e. The van der Waals surface area contributed by atoms with Crippen molar-refractivity contribution in [1.82, 2.24) is 10.6 Å². The van der Waals surface area contributed by atoms with E-state index in [4.69, 9.17) is 0 Å². The molecule has 0 spiro atoms. The summed E-state index contributed by atoms with van der Waals surface area (Å²) in [6.07, 6.45) is -5.85. The molecule has 0 bridgehead atoms. The Balaban J connectivity index is 2.01. The first-order chi connectivity index (χ1) is 14.0. The Kier molecular flexibility index (Phi) is 7.61. The fourth-order valence-electron chi connectivity index (χ4n) is 2.81. The van der Waals surface area contributed by atoms with Crippen LogP contribution in [0.3, 0.4) is 0 Å². The summed E-state index contributed by atoms with van der Waals surface area (Å²) in [5.41, 5.74) is 0.557. The third-order valence-electron chi connectivity index (χ3n) is 4.62. The molecule has 0 aliphatic carbocycles. The normalized spacial score (nSPS) is 13.6. The van der Waals surface area contributed by atoms with E-state index < -0.39 is 35.7 Å². The van der Waals surface area contributed by atoms with Crippen molar-refractivity contribution in [3.8, 4) is 0 Å². The van der Waals surface area contributed by atoms with Gasteiger partial charge in [0.15, 0.2) is 0 Å². The number of hydrogen-bond donors (Lipinski definition) is 3. The van der Waals surface area contributed by atoms with Gasteiger partial charge in [-0.15, -0.1) is 0 Å². The second kappa shape index (κ2) is 9.75. The number of amides is 2. The van der Waals surface area contributed by atoms with Gasteiger partial charge in [0.05, 0.1) is 11.7 Å². The van der Waals surface area contributed by atoms with Gasteiger partial charge in [-0.25, -0.2) is 0 Å². The molecule has 0 heterocycles. The number of carbonyl (C=O) groups excluding carboxylic acids is 2. The SMILES string of the molecule is Cc1ccc(C(=O)NC(C(=O)NCC(O)c2cccc(C(F)(F)F)c2)C(C)C)cc1. The third kappa shape index (κ3) is 6.32. The highest BCUT2D eigenvalue weighted by molar-refractivity contribution is 5.97. The number of hydrogen-bond acceptors (Lipinski definition) is 3. The lowest BCUT2D eigenvalue weighted by Gasteiger charge is -2.23. The Hall–Kier alpha value is -2.87. The maximum Gasteiger partial charge on any atom is 0.416 e. The van der Waals surface area contributed by atoms with Crippen molar-refractivity contribution in [2.75, 3.05) is 6.54 Å². The van der Waals surface area contributed by atoms with Crippen molar-refractivity contribution >= 4 is 11.8 Å². The molecule has 0 radical (unpaired) electrons. The Bertz CT molecular complexity index is 880. The predicted octanol–water partition coefficient (Wildman–Crippen LogP) is 3.62. The van der Waals surface area contributed by atoms with Crippen molar-refractivity contribution in [2.45, 2.75) is 39.1 Å². The second-order valence-electron chi connectivity index (χ2n) is 7.45.